The summed E-state index contributed by atoms with van der Waals surface area (Å²) >= 11 is -0.0926. The van der Waals surface area contributed by atoms with Crippen LogP contribution in [0.3, 0.4) is 0 Å². The second kappa shape index (κ2) is 6.75. The summed E-state index contributed by atoms with van der Waals surface area (Å²) in [6, 6.07) is 0. The van der Waals surface area contributed by atoms with Gasteiger partial charge in [0.1, 0.15) is 0 Å². The standard InChI is InChI=1S/C2H4O2.Bi.NO2.2H/c1-2(3)4;;2-1-3;;/h1H3,(H,3,4);;;;. The molecule has 0 aliphatic heterocycles. The summed E-state index contributed by atoms with van der Waals surface area (Å²) in [6.45, 7) is 1.08. The van der Waals surface area contributed by atoms with E-state index in [1.54, 1.807) is 0 Å². The Kier molecular flexibility index (Phi) is 9.02. The summed E-state index contributed by atoms with van der Waals surface area (Å²) in [4.78, 5) is 17.9. The maximum absolute atomic E-state index is 9.00. The Hall–Kier alpha value is -0.247. The van der Waals surface area contributed by atoms with E-state index < -0.39 is 5.97 Å². The van der Waals surface area contributed by atoms with Gasteiger partial charge in [0.2, 0.25) is 0 Å². The van der Waals surface area contributed by atoms with Gasteiger partial charge in [-0.25, -0.2) is 0 Å². The summed E-state index contributed by atoms with van der Waals surface area (Å²) in [5.74, 6) is -0.833. The van der Waals surface area contributed by atoms with Crippen LogP contribution in [-0.4, -0.2) is 39.0 Å². The zero-order chi connectivity index (χ0) is 7.15. The van der Waals surface area contributed by atoms with E-state index >= 15 is 0 Å². The van der Waals surface area contributed by atoms with Crippen molar-refractivity contribution in [1.29, 1.82) is 0 Å². The Bertz CT molecular complexity index is 72.0. The van der Waals surface area contributed by atoms with E-state index in [1.165, 1.54) is 0 Å². The molecule has 0 aliphatic carbocycles. The van der Waals surface area contributed by atoms with Gasteiger partial charge in [0, 0.05) is 6.92 Å². The Labute approximate surface area is 61.1 Å². The molecule has 0 aliphatic rings. The summed E-state index contributed by atoms with van der Waals surface area (Å²) in [6.07, 6.45) is 0. The predicted molar refractivity (Wildman–Crippen MR) is 28.8 cm³/mol. The molecule has 0 amide bonds. The van der Waals surface area contributed by atoms with E-state index in [-0.39, 0.29) is 27.9 Å². The van der Waals surface area contributed by atoms with Crippen molar-refractivity contribution in [1.82, 2.24) is 0 Å². The van der Waals surface area contributed by atoms with Crippen LogP contribution in [0.25, 0.3) is 0 Å². The van der Waals surface area contributed by atoms with E-state index in [2.05, 4.69) is 0 Å². The number of carboxylic acids is 1. The first-order valence-corrected chi connectivity index (χ1v) is 3.56. The maximum atomic E-state index is 9.00. The first-order valence-electron chi connectivity index (χ1n) is 1.55. The number of nitro groups is 1. The molecule has 0 spiro atoms. The SMILES string of the molecule is CC(=O)O.O=[N+]([O-])[BiH2]. The summed E-state index contributed by atoms with van der Waals surface area (Å²) in [5, 5.41) is 16.3. The first-order chi connectivity index (χ1) is 3.46. The van der Waals surface area contributed by atoms with Gasteiger partial charge in [-0.2, -0.15) is 0 Å². The fraction of sp³-hybridized carbons (Fsp3) is 0.500. The van der Waals surface area contributed by atoms with E-state index in [0.29, 0.717) is 0 Å². The van der Waals surface area contributed by atoms with Gasteiger partial charge in [0.15, 0.2) is 0 Å². The van der Waals surface area contributed by atoms with Gasteiger partial charge in [-0.1, -0.05) is 0 Å². The van der Waals surface area contributed by atoms with Crippen LogP contribution in [0.2, 0.25) is 0 Å². The number of carbonyl (C=O) groups is 1. The van der Waals surface area contributed by atoms with Gasteiger partial charge in [0.05, 0.1) is 0 Å². The molecule has 0 heterocycles. The van der Waals surface area contributed by atoms with Gasteiger partial charge in [-0.05, 0) is 0 Å². The zero-order valence-electron chi connectivity index (χ0n) is 4.20. The number of nitrogens with zero attached hydrogens (tertiary/aromatic N) is 1. The number of rotatable bonds is 0. The topological polar surface area (TPSA) is 80.4 Å². The molecule has 8 heavy (non-hydrogen) atoms. The molecule has 0 atom stereocenters. The van der Waals surface area contributed by atoms with Crippen molar-refractivity contribution in [2.75, 3.05) is 0 Å². The summed E-state index contributed by atoms with van der Waals surface area (Å²) in [5.41, 5.74) is 0. The molecule has 0 radical (unpaired) electrons. The molecular formula is C2H6BiNO4. The van der Waals surface area contributed by atoms with Crippen LogP contribution < -0.4 is 0 Å². The molecule has 5 nitrogen and oxygen atoms in total. The third-order valence-corrected chi connectivity index (χ3v) is 0. The second-order valence-electron chi connectivity index (χ2n) is 0.804. The van der Waals surface area contributed by atoms with Crippen molar-refractivity contribution in [2.45, 2.75) is 6.92 Å². The van der Waals surface area contributed by atoms with Crippen LogP contribution >= 0.6 is 0 Å². The van der Waals surface area contributed by atoms with Crippen LogP contribution in [0.15, 0.2) is 0 Å². The van der Waals surface area contributed by atoms with Gasteiger partial charge in [-0.3, -0.25) is 4.79 Å². The Balaban J connectivity index is 0. The average Bonchev–Trinajstić information content (AvgIpc) is 1.25. The van der Waals surface area contributed by atoms with E-state index in [4.69, 9.17) is 20.0 Å². The predicted octanol–water partition coefficient (Wildman–Crippen LogP) is -1.10. The van der Waals surface area contributed by atoms with Crippen molar-refractivity contribution in [3.8, 4) is 0 Å². The van der Waals surface area contributed by atoms with Gasteiger partial charge < -0.3 is 5.11 Å². The molecule has 0 aromatic rings. The fourth-order valence-corrected chi connectivity index (χ4v) is 0. The quantitative estimate of drug-likeness (QED) is 0.349. The van der Waals surface area contributed by atoms with E-state index in [9.17, 15) is 0 Å². The molecule has 6 heteroatoms. The van der Waals surface area contributed by atoms with E-state index in [0.717, 1.165) is 6.92 Å². The summed E-state index contributed by atoms with van der Waals surface area (Å²) < 4.78 is -0.333. The number of aliphatic carboxylic acids is 1. The third-order valence-electron chi connectivity index (χ3n) is 0. The number of carboxylic acid groups (broad SMARTS) is 1. The van der Waals surface area contributed by atoms with Crippen molar-refractivity contribution in [2.24, 2.45) is 0 Å². The van der Waals surface area contributed by atoms with Gasteiger partial charge in [0.25, 0.3) is 5.97 Å². The number of hydrogen-bond donors (Lipinski definition) is 1. The molecule has 0 rings (SSSR count). The fourth-order valence-electron chi connectivity index (χ4n) is 0. The van der Waals surface area contributed by atoms with Crippen LogP contribution in [0, 0.1) is 10.1 Å². The molecule has 0 aromatic heterocycles. The van der Waals surface area contributed by atoms with Gasteiger partial charge in [-0.15, -0.1) is 0 Å². The molecule has 1 N–H and O–H groups in total. The van der Waals surface area contributed by atoms with Crippen molar-refractivity contribution < 1.29 is 12.8 Å². The van der Waals surface area contributed by atoms with Crippen LogP contribution in [-0.2, 0) is 4.79 Å². The molecule has 0 saturated heterocycles. The average molecular weight is 317 g/mol. The monoisotopic (exact) mass is 317 g/mol. The van der Waals surface area contributed by atoms with Crippen molar-refractivity contribution >= 4 is 31.0 Å². The van der Waals surface area contributed by atoms with Gasteiger partial charge >= 0.3 is 38.0 Å². The van der Waals surface area contributed by atoms with Crippen LogP contribution in [0.5, 0.6) is 0 Å². The zero-order valence-corrected chi connectivity index (χ0v) is 8.69. The first kappa shape index (κ1) is 10.7. The van der Waals surface area contributed by atoms with Crippen molar-refractivity contribution in [3.63, 3.8) is 0 Å². The minimum absolute atomic E-state index is 0.0926. The third kappa shape index (κ3) is 2130. The molecule has 0 bridgehead atoms. The summed E-state index contributed by atoms with van der Waals surface area (Å²) in [7, 11) is 0. The second-order valence-corrected chi connectivity index (χ2v) is 2.44. The minimum atomic E-state index is -0.833. The molecule has 0 fully saturated rings. The number of hydrogen-bond acceptors (Lipinski definition) is 3. The molecule has 48 valence electrons. The molecular weight excluding hydrogens is 311 g/mol. The van der Waals surface area contributed by atoms with Crippen LogP contribution in [0.4, 0.5) is 0 Å². The Morgan fingerprint density at radius 3 is 1.88 bits per heavy atom. The van der Waals surface area contributed by atoms with Crippen molar-refractivity contribution in [3.05, 3.63) is 10.1 Å². The van der Waals surface area contributed by atoms with Crippen LogP contribution in [0.1, 0.15) is 6.92 Å². The molecule has 0 saturated carbocycles. The molecule has 0 unspecified atom stereocenters. The van der Waals surface area contributed by atoms with E-state index in [1.807, 2.05) is 0 Å². The molecule has 0 aromatic carbocycles. The Morgan fingerprint density at radius 1 is 1.88 bits per heavy atom. The normalized spacial score (nSPS) is 6.25. The Morgan fingerprint density at radius 2 is 1.88 bits per heavy atom.